The first kappa shape index (κ1) is 24.2. The lowest BCUT2D eigenvalue weighted by Crippen LogP contribution is -2.07. The van der Waals surface area contributed by atoms with Crippen LogP contribution in [-0.2, 0) is 5.92 Å². The molecule has 0 aliphatic carbocycles. The van der Waals surface area contributed by atoms with Crippen LogP contribution in [0.15, 0.2) is 65.5 Å². The van der Waals surface area contributed by atoms with Crippen molar-refractivity contribution in [2.24, 2.45) is 4.99 Å². The first-order valence-corrected chi connectivity index (χ1v) is 8.53. The van der Waals surface area contributed by atoms with Crippen LogP contribution >= 0.6 is 0 Å². The molecule has 0 unspecified atom stereocenters. The fourth-order valence-electron chi connectivity index (χ4n) is 2.23. The second kappa shape index (κ2) is 11.7. The van der Waals surface area contributed by atoms with Gasteiger partial charge >= 0.3 is 0 Å². The second-order valence-electron chi connectivity index (χ2n) is 5.24. The number of halogens is 3. The fourth-order valence-corrected chi connectivity index (χ4v) is 2.23. The van der Waals surface area contributed by atoms with Gasteiger partial charge in [-0.3, -0.25) is 4.99 Å². The molecule has 146 valence electrons. The minimum Gasteiger partial charge on any atom is -0.380 e. The average Bonchev–Trinajstić information content (AvgIpc) is 3.11. The van der Waals surface area contributed by atoms with E-state index in [4.69, 9.17) is 5.26 Å². The summed E-state index contributed by atoms with van der Waals surface area (Å²) in [4.78, 5) is 4.34. The Bertz CT molecular complexity index is 733. The predicted octanol–water partition coefficient (Wildman–Crippen LogP) is 5.67. The number of nitrogens with zero attached hydrogens (tertiary/aromatic N) is 2. The third-order valence-corrected chi connectivity index (χ3v) is 3.56. The van der Waals surface area contributed by atoms with Crippen LogP contribution in [0.5, 0.6) is 0 Å². The molecule has 0 aromatic heterocycles. The maximum absolute atomic E-state index is 13.2. The summed E-state index contributed by atoms with van der Waals surface area (Å²) in [7, 11) is 1.59. The fraction of sp³-hybridized carbons (Fsp3) is 0.333. The Morgan fingerprint density at radius 1 is 1.30 bits per heavy atom. The van der Waals surface area contributed by atoms with E-state index in [1.165, 1.54) is 18.2 Å². The topological polar surface area (TPSA) is 48.2 Å². The molecule has 2 rings (SSSR count). The van der Waals surface area contributed by atoms with E-state index in [9.17, 15) is 13.2 Å². The molecular weight excluding hydrogens is 351 g/mol. The SMILES string of the molecule is C=C.CC.CN/C(C#N)=C/C1=C(CF)CC(c2ccc(C(C)(F)F)cc2)=N1. The lowest BCUT2D eigenvalue weighted by atomic mass is 10.0. The number of hydrogen-bond acceptors (Lipinski definition) is 3. The number of rotatable bonds is 5. The van der Waals surface area contributed by atoms with E-state index >= 15 is 0 Å². The van der Waals surface area contributed by atoms with Gasteiger partial charge in [0.1, 0.15) is 18.4 Å². The van der Waals surface area contributed by atoms with Crippen molar-refractivity contribution in [2.45, 2.75) is 33.1 Å². The van der Waals surface area contributed by atoms with E-state index in [2.05, 4.69) is 23.5 Å². The van der Waals surface area contributed by atoms with E-state index < -0.39 is 12.6 Å². The Morgan fingerprint density at radius 3 is 2.26 bits per heavy atom. The number of aliphatic imine (C=N–C) groups is 1. The van der Waals surface area contributed by atoms with Gasteiger partial charge in [0.25, 0.3) is 5.92 Å². The van der Waals surface area contributed by atoms with Gasteiger partial charge in [-0.1, -0.05) is 38.1 Å². The predicted molar refractivity (Wildman–Crippen MR) is 106 cm³/mol. The second-order valence-corrected chi connectivity index (χ2v) is 5.24. The van der Waals surface area contributed by atoms with Gasteiger partial charge in [-0.2, -0.15) is 5.26 Å². The van der Waals surface area contributed by atoms with Gasteiger partial charge < -0.3 is 5.32 Å². The maximum Gasteiger partial charge on any atom is 0.270 e. The van der Waals surface area contributed by atoms with Crippen molar-refractivity contribution < 1.29 is 13.2 Å². The molecule has 0 atom stereocenters. The molecular formula is C21H26F3N3. The minimum atomic E-state index is -2.90. The number of alkyl halides is 3. The molecule has 1 aliphatic heterocycles. The molecule has 1 N–H and O–H groups in total. The van der Waals surface area contributed by atoms with Crippen molar-refractivity contribution in [1.82, 2.24) is 5.32 Å². The van der Waals surface area contributed by atoms with Gasteiger partial charge in [0, 0.05) is 26.0 Å². The summed E-state index contributed by atoms with van der Waals surface area (Å²) in [5.74, 6) is -2.90. The van der Waals surface area contributed by atoms with Gasteiger partial charge in [0.05, 0.1) is 11.4 Å². The molecule has 0 saturated carbocycles. The minimum absolute atomic E-state index is 0.0828. The van der Waals surface area contributed by atoms with Crippen molar-refractivity contribution >= 4 is 5.71 Å². The Balaban J connectivity index is 0.00000158. The zero-order valence-electron chi connectivity index (χ0n) is 16.2. The van der Waals surface area contributed by atoms with E-state index in [0.717, 1.165) is 6.92 Å². The maximum atomic E-state index is 13.2. The Labute approximate surface area is 159 Å². The van der Waals surface area contributed by atoms with E-state index in [1.807, 2.05) is 19.9 Å². The molecule has 1 aromatic rings. The first-order chi connectivity index (χ1) is 12.9. The van der Waals surface area contributed by atoms with Crippen LogP contribution in [0.4, 0.5) is 13.2 Å². The summed E-state index contributed by atoms with van der Waals surface area (Å²) in [6.07, 6.45) is 1.78. The van der Waals surface area contributed by atoms with Crippen molar-refractivity contribution in [1.29, 1.82) is 5.26 Å². The van der Waals surface area contributed by atoms with Gasteiger partial charge in [-0.25, -0.2) is 13.2 Å². The van der Waals surface area contributed by atoms with E-state index in [0.29, 0.717) is 29.0 Å². The molecule has 0 amide bonds. The van der Waals surface area contributed by atoms with Crippen molar-refractivity contribution in [3.8, 4) is 6.07 Å². The molecule has 0 saturated heterocycles. The van der Waals surface area contributed by atoms with Crippen LogP contribution in [0.25, 0.3) is 0 Å². The Hall–Kier alpha value is -2.81. The number of benzene rings is 1. The van der Waals surface area contributed by atoms with Gasteiger partial charge in [-0.15, -0.1) is 13.2 Å². The van der Waals surface area contributed by atoms with Gasteiger partial charge in [-0.05, 0) is 17.2 Å². The van der Waals surface area contributed by atoms with Crippen LogP contribution in [-0.4, -0.2) is 19.4 Å². The summed E-state index contributed by atoms with van der Waals surface area (Å²) in [5.41, 5.74) is 2.32. The third kappa shape index (κ3) is 6.78. The van der Waals surface area contributed by atoms with Crippen LogP contribution in [0.3, 0.4) is 0 Å². The molecule has 27 heavy (non-hydrogen) atoms. The summed E-state index contributed by atoms with van der Waals surface area (Å²) in [6, 6.07) is 7.73. The van der Waals surface area contributed by atoms with Crippen LogP contribution in [0, 0.1) is 11.3 Å². The summed E-state index contributed by atoms with van der Waals surface area (Å²) >= 11 is 0. The first-order valence-electron chi connectivity index (χ1n) is 8.53. The molecule has 1 aliphatic rings. The Morgan fingerprint density at radius 2 is 1.85 bits per heavy atom. The number of nitriles is 1. The normalized spacial score (nSPS) is 13.6. The quantitative estimate of drug-likeness (QED) is 0.531. The summed E-state index contributed by atoms with van der Waals surface area (Å²) < 4.78 is 39.6. The zero-order chi connectivity index (χ0) is 21.0. The highest BCUT2D eigenvalue weighted by Gasteiger charge is 2.24. The van der Waals surface area contributed by atoms with E-state index in [-0.39, 0.29) is 11.3 Å². The highest BCUT2D eigenvalue weighted by Crippen LogP contribution is 2.29. The molecule has 3 nitrogen and oxygen atoms in total. The molecule has 1 heterocycles. The van der Waals surface area contributed by atoms with Crippen molar-refractivity contribution in [2.75, 3.05) is 13.7 Å². The summed E-state index contributed by atoms with van der Waals surface area (Å²) in [5, 5.41) is 11.6. The summed E-state index contributed by atoms with van der Waals surface area (Å²) in [6.45, 7) is 10.2. The van der Waals surface area contributed by atoms with Crippen LogP contribution in [0.2, 0.25) is 0 Å². The zero-order valence-corrected chi connectivity index (χ0v) is 16.2. The average molecular weight is 377 g/mol. The number of hydrogen-bond donors (Lipinski definition) is 1. The molecule has 1 aromatic carbocycles. The van der Waals surface area contributed by atoms with Crippen molar-refractivity contribution in [3.05, 3.63) is 71.6 Å². The standard InChI is InChI=1S/C17H16F3N3.C2H6.C2H4/c1-17(19,20)13-5-3-11(4-6-13)15-7-12(9-18)16(23-15)8-14(10-21)22-2;2*1-2/h3-6,8,22H,7,9H2,1-2H3;1-2H3;1-2H2/b14-8+;;. The lowest BCUT2D eigenvalue weighted by Gasteiger charge is -2.11. The van der Waals surface area contributed by atoms with E-state index in [1.54, 1.807) is 19.2 Å². The molecule has 0 radical (unpaired) electrons. The number of nitrogens with one attached hydrogen (secondary N) is 1. The van der Waals surface area contributed by atoms with Crippen molar-refractivity contribution in [3.63, 3.8) is 0 Å². The highest BCUT2D eigenvalue weighted by atomic mass is 19.3. The monoisotopic (exact) mass is 377 g/mol. The highest BCUT2D eigenvalue weighted by molar-refractivity contribution is 6.04. The van der Waals surface area contributed by atoms with Crippen LogP contribution in [0.1, 0.15) is 38.3 Å². The van der Waals surface area contributed by atoms with Crippen LogP contribution < -0.4 is 5.32 Å². The number of allylic oxidation sites excluding steroid dienone is 3. The molecule has 0 bridgehead atoms. The Kier molecular flexibility index (Phi) is 10.5. The lowest BCUT2D eigenvalue weighted by molar-refractivity contribution is 0.0175. The largest absolute Gasteiger partial charge is 0.380 e. The molecule has 0 fully saturated rings. The molecule has 6 heteroatoms. The smallest absolute Gasteiger partial charge is 0.270 e. The van der Waals surface area contributed by atoms with Gasteiger partial charge in [0.2, 0.25) is 0 Å². The molecule has 0 spiro atoms. The van der Waals surface area contributed by atoms with Gasteiger partial charge in [0.15, 0.2) is 0 Å². The third-order valence-electron chi connectivity index (χ3n) is 3.56.